The predicted octanol–water partition coefficient (Wildman–Crippen LogP) is 2.27. The van der Waals surface area contributed by atoms with E-state index in [-0.39, 0.29) is 5.91 Å². The molecule has 2 aromatic heterocycles. The van der Waals surface area contributed by atoms with Crippen molar-refractivity contribution in [2.45, 2.75) is 13.8 Å². The van der Waals surface area contributed by atoms with Gasteiger partial charge in [-0.3, -0.25) is 9.89 Å². The number of amides is 1. The first-order valence-corrected chi connectivity index (χ1v) is 5.20. The van der Waals surface area contributed by atoms with Gasteiger partial charge in [-0.15, -0.1) is 0 Å². The third-order valence-electron chi connectivity index (χ3n) is 2.24. The Bertz CT molecular complexity index is 552. The third kappa shape index (κ3) is 2.84. The van der Waals surface area contributed by atoms with E-state index in [1.54, 1.807) is 18.3 Å². The maximum atomic E-state index is 11.6. The van der Waals surface area contributed by atoms with Gasteiger partial charge in [0, 0.05) is 11.6 Å². The highest BCUT2D eigenvalue weighted by molar-refractivity contribution is 6.01. The molecule has 5 nitrogen and oxygen atoms in total. The summed E-state index contributed by atoms with van der Waals surface area (Å²) in [6, 6.07) is 3.65. The number of hydrogen-bond donors (Lipinski definition) is 2. The van der Waals surface area contributed by atoms with Crippen molar-refractivity contribution in [3.05, 3.63) is 41.5 Å². The average Bonchev–Trinajstić information content (AvgIpc) is 2.86. The molecule has 0 spiro atoms. The molecule has 0 atom stereocenters. The Hall–Kier alpha value is -2.30. The second-order valence-electron chi connectivity index (χ2n) is 3.70. The van der Waals surface area contributed by atoms with Crippen molar-refractivity contribution in [1.29, 1.82) is 0 Å². The fourth-order valence-electron chi connectivity index (χ4n) is 1.34. The molecular formula is C12H13N3O2. The molecule has 1 amide bonds. The summed E-state index contributed by atoms with van der Waals surface area (Å²) in [6.45, 7) is 3.71. The van der Waals surface area contributed by atoms with Crippen LogP contribution in [0.2, 0.25) is 0 Å². The Kier molecular flexibility index (Phi) is 3.09. The van der Waals surface area contributed by atoms with Crippen LogP contribution in [-0.2, 0) is 4.79 Å². The van der Waals surface area contributed by atoms with E-state index in [4.69, 9.17) is 4.42 Å². The Labute approximate surface area is 98.5 Å². The first-order valence-electron chi connectivity index (χ1n) is 5.20. The highest BCUT2D eigenvalue weighted by Crippen LogP contribution is 2.10. The standard InChI is InChI=1S/C12H13N3O2/c1-8-7-13-15-12(8)14-11(16)6-5-10-4-3-9(2)17-10/h3-7H,1-2H3,(H2,13,14,15,16)/b6-5+. The van der Waals surface area contributed by atoms with Crippen LogP contribution in [0.1, 0.15) is 17.1 Å². The van der Waals surface area contributed by atoms with Crippen molar-refractivity contribution in [2.75, 3.05) is 5.32 Å². The molecule has 2 N–H and O–H groups in total. The second-order valence-corrected chi connectivity index (χ2v) is 3.70. The molecule has 0 aliphatic rings. The first kappa shape index (κ1) is 11.2. The molecule has 0 saturated carbocycles. The van der Waals surface area contributed by atoms with Gasteiger partial charge in [-0.1, -0.05) is 0 Å². The van der Waals surface area contributed by atoms with Gasteiger partial charge >= 0.3 is 0 Å². The highest BCUT2D eigenvalue weighted by atomic mass is 16.3. The number of carbonyl (C=O) groups is 1. The van der Waals surface area contributed by atoms with Gasteiger partial charge in [0.1, 0.15) is 17.3 Å². The number of carbonyl (C=O) groups excluding carboxylic acids is 1. The number of anilines is 1. The van der Waals surface area contributed by atoms with Crippen molar-refractivity contribution in [1.82, 2.24) is 10.2 Å². The summed E-state index contributed by atoms with van der Waals surface area (Å²) in [5.74, 6) is 1.84. The number of furan rings is 1. The largest absolute Gasteiger partial charge is 0.462 e. The lowest BCUT2D eigenvalue weighted by molar-refractivity contribution is -0.111. The lowest BCUT2D eigenvalue weighted by atomic mass is 10.3. The number of aromatic nitrogens is 2. The fourth-order valence-corrected chi connectivity index (χ4v) is 1.34. The second kappa shape index (κ2) is 4.69. The van der Waals surface area contributed by atoms with Gasteiger partial charge in [0.05, 0.1) is 6.20 Å². The molecule has 5 heteroatoms. The number of aromatic amines is 1. The van der Waals surface area contributed by atoms with Crippen LogP contribution in [0.25, 0.3) is 6.08 Å². The van der Waals surface area contributed by atoms with Crippen molar-refractivity contribution >= 4 is 17.8 Å². The summed E-state index contributed by atoms with van der Waals surface area (Å²) in [6.07, 6.45) is 4.68. The van der Waals surface area contributed by atoms with Gasteiger partial charge in [-0.05, 0) is 32.1 Å². The van der Waals surface area contributed by atoms with Crippen LogP contribution in [0, 0.1) is 13.8 Å². The van der Waals surface area contributed by atoms with Crippen LogP contribution in [-0.4, -0.2) is 16.1 Å². The number of rotatable bonds is 3. The summed E-state index contributed by atoms with van der Waals surface area (Å²) in [5, 5.41) is 9.20. The van der Waals surface area contributed by atoms with Gasteiger partial charge in [0.25, 0.3) is 0 Å². The minimum Gasteiger partial charge on any atom is -0.462 e. The molecule has 2 heterocycles. The Morgan fingerprint density at radius 1 is 1.47 bits per heavy atom. The Balaban J connectivity index is 1.98. The number of nitrogens with one attached hydrogen (secondary N) is 2. The third-order valence-corrected chi connectivity index (χ3v) is 2.24. The molecule has 0 aliphatic heterocycles. The Morgan fingerprint density at radius 2 is 2.29 bits per heavy atom. The smallest absolute Gasteiger partial charge is 0.249 e. The molecule has 0 aromatic carbocycles. The number of H-pyrrole nitrogens is 1. The van der Waals surface area contributed by atoms with E-state index in [1.807, 2.05) is 19.9 Å². The van der Waals surface area contributed by atoms with Crippen molar-refractivity contribution in [3.63, 3.8) is 0 Å². The molecule has 0 fully saturated rings. The molecule has 0 unspecified atom stereocenters. The van der Waals surface area contributed by atoms with Crippen LogP contribution in [0.3, 0.4) is 0 Å². The van der Waals surface area contributed by atoms with E-state index in [1.165, 1.54) is 6.08 Å². The van der Waals surface area contributed by atoms with Gasteiger partial charge in [0.15, 0.2) is 0 Å². The molecule has 2 rings (SSSR count). The van der Waals surface area contributed by atoms with Crippen molar-refractivity contribution in [3.8, 4) is 0 Å². The molecule has 0 aliphatic carbocycles. The lowest BCUT2D eigenvalue weighted by Crippen LogP contribution is -2.08. The SMILES string of the molecule is Cc1ccc(/C=C/C(=O)Nc2[nH]ncc2C)o1. The van der Waals surface area contributed by atoms with Crippen LogP contribution in [0.4, 0.5) is 5.82 Å². The normalized spacial score (nSPS) is 10.9. The van der Waals surface area contributed by atoms with Gasteiger partial charge in [0.2, 0.25) is 5.91 Å². The summed E-state index contributed by atoms with van der Waals surface area (Å²) in [4.78, 5) is 11.6. The quantitative estimate of drug-likeness (QED) is 0.796. The maximum absolute atomic E-state index is 11.6. The summed E-state index contributed by atoms with van der Waals surface area (Å²) in [7, 11) is 0. The zero-order valence-electron chi connectivity index (χ0n) is 9.65. The Morgan fingerprint density at radius 3 is 2.88 bits per heavy atom. The zero-order chi connectivity index (χ0) is 12.3. The number of aryl methyl sites for hydroxylation is 2. The molecule has 88 valence electrons. The van der Waals surface area contributed by atoms with E-state index in [2.05, 4.69) is 15.5 Å². The molecule has 0 radical (unpaired) electrons. The molecule has 2 aromatic rings. The minimum atomic E-state index is -0.230. The number of nitrogens with zero attached hydrogens (tertiary/aromatic N) is 1. The molecule has 17 heavy (non-hydrogen) atoms. The van der Waals surface area contributed by atoms with Gasteiger partial charge in [-0.25, -0.2) is 0 Å². The van der Waals surface area contributed by atoms with Crippen LogP contribution in [0.5, 0.6) is 0 Å². The number of hydrogen-bond acceptors (Lipinski definition) is 3. The van der Waals surface area contributed by atoms with Gasteiger partial charge in [-0.2, -0.15) is 5.10 Å². The van der Waals surface area contributed by atoms with E-state index in [0.717, 1.165) is 11.3 Å². The highest BCUT2D eigenvalue weighted by Gasteiger charge is 2.03. The van der Waals surface area contributed by atoms with E-state index in [9.17, 15) is 4.79 Å². The fraction of sp³-hybridized carbons (Fsp3) is 0.167. The molecular weight excluding hydrogens is 218 g/mol. The van der Waals surface area contributed by atoms with Crippen molar-refractivity contribution < 1.29 is 9.21 Å². The first-order chi connectivity index (χ1) is 8.15. The van der Waals surface area contributed by atoms with Crippen LogP contribution in [0.15, 0.2) is 28.8 Å². The van der Waals surface area contributed by atoms with Gasteiger partial charge < -0.3 is 9.73 Å². The predicted molar refractivity (Wildman–Crippen MR) is 64.4 cm³/mol. The van der Waals surface area contributed by atoms with E-state index in [0.29, 0.717) is 11.6 Å². The minimum absolute atomic E-state index is 0.230. The van der Waals surface area contributed by atoms with Crippen molar-refractivity contribution in [2.24, 2.45) is 0 Å². The zero-order valence-corrected chi connectivity index (χ0v) is 9.65. The summed E-state index contributed by atoms with van der Waals surface area (Å²) < 4.78 is 5.31. The summed E-state index contributed by atoms with van der Waals surface area (Å²) >= 11 is 0. The molecule has 0 bridgehead atoms. The molecule has 0 saturated heterocycles. The van der Waals surface area contributed by atoms with E-state index < -0.39 is 0 Å². The lowest BCUT2D eigenvalue weighted by Gasteiger charge is -1.98. The van der Waals surface area contributed by atoms with Crippen LogP contribution < -0.4 is 5.32 Å². The average molecular weight is 231 g/mol. The van der Waals surface area contributed by atoms with Crippen LogP contribution >= 0.6 is 0 Å². The maximum Gasteiger partial charge on any atom is 0.249 e. The van der Waals surface area contributed by atoms with E-state index >= 15 is 0 Å². The monoisotopic (exact) mass is 231 g/mol. The summed E-state index contributed by atoms with van der Waals surface area (Å²) in [5.41, 5.74) is 0.889. The topological polar surface area (TPSA) is 70.9 Å².